The Balaban J connectivity index is 1.35. The van der Waals surface area contributed by atoms with Gasteiger partial charge >= 0.3 is 0 Å². The second-order valence-corrected chi connectivity index (χ2v) is 6.98. The minimum Gasteiger partial charge on any atom is -0.371 e. The summed E-state index contributed by atoms with van der Waals surface area (Å²) >= 11 is 6.01. The number of piperidine rings is 1. The van der Waals surface area contributed by atoms with E-state index in [0.29, 0.717) is 16.6 Å². The van der Waals surface area contributed by atoms with Crippen LogP contribution in [-0.4, -0.2) is 29.1 Å². The molecule has 3 heterocycles. The van der Waals surface area contributed by atoms with Gasteiger partial charge in [0.05, 0.1) is 0 Å². The van der Waals surface area contributed by atoms with Crippen molar-refractivity contribution in [2.24, 2.45) is 5.92 Å². The summed E-state index contributed by atoms with van der Waals surface area (Å²) < 4.78 is 5.27. The number of benzene rings is 1. The monoisotopic (exact) mass is 382 g/mol. The Morgan fingerprint density at radius 2 is 1.93 bits per heavy atom. The summed E-state index contributed by atoms with van der Waals surface area (Å²) in [5, 5.41) is 7.48. The first-order chi connectivity index (χ1) is 13.2. The van der Waals surface area contributed by atoms with Crippen LogP contribution in [0.1, 0.15) is 12.8 Å². The van der Waals surface area contributed by atoms with Crippen LogP contribution in [0.5, 0.6) is 0 Å². The summed E-state index contributed by atoms with van der Waals surface area (Å²) in [7, 11) is 0. The van der Waals surface area contributed by atoms with Crippen LogP contribution < -0.4 is 10.2 Å². The minimum atomic E-state index is -0.0391. The molecule has 0 bridgehead atoms. The Bertz CT molecular complexity index is 920. The van der Waals surface area contributed by atoms with Gasteiger partial charge in [0.25, 0.3) is 0 Å². The summed E-state index contributed by atoms with van der Waals surface area (Å²) in [6, 6.07) is 13.0. The number of amides is 1. The van der Waals surface area contributed by atoms with E-state index in [1.54, 1.807) is 30.6 Å². The molecular weight excluding hydrogens is 364 g/mol. The summed E-state index contributed by atoms with van der Waals surface area (Å²) in [5.41, 5.74) is 2.63. The zero-order valence-corrected chi connectivity index (χ0v) is 15.4. The molecule has 1 aliphatic rings. The molecule has 0 saturated carbocycles. The minimum absolute atomic E-state index is 0.0295. The molecule has 4 rings (SSSR count). The van der Waals surface area contributed by atoms with Crippen molar-refractivity contribution in [1.82, 2.24) is 10.1 Å². The second kappa shape index (κ2) is 7.80. The fourth-order valence-electron chi connectivity index (χ4n) is 3.30. The van der Waals surface area contributed by atoms with Crippen LogP contribution in [0.15, 0.2) is 59.4 Å². The van der Waals surface area contributed by atoms with Gasteiger partial charge in [0, 0.05) is 53.7 Å². The lowest BCUT2D eigenvalue weighted by Crippen LogP contribution is -2.38. The molecule has 138 valence electrons. The van der Waals surface area contributed by atoms with Gasteiger partial charge in [-0.15, -0.1) is 0 Å². The highest BCUT2D eigenvalue weighted by molar-refractivity contribution is 6.30. The third-order valence-corrected chi connectivity index (χ3v) is 5.01. The van der Waals surface area contributed by atoms with Gasteiger partial charge in [-0.2, -0.15) is 0 Å². The molecule has 2 aromatic heterocycles. The van der Waals surface area contributed by atoms with Crippen molar-refractivity contribution < 1.29 is 9.32 Å². The van der Waals surface area contributed by atoms with E-state index in [2.05, 4.69) is 20.4 Å². The number of nitrogens with zero attached hydrogens (tertiary/aromatic N) is 3. The summed E-state index contributed by atoms with van der Waals surface area (Å²) in [6.07, 6.45) is 5.16. The molecule has 1 N–H and O–H groups in total. The van der Waals surface area contributed by atoms with Gasteiger partial charge in [-0.3, -0.25) is 15.1 Å². The molecular formula is C20H19ClN4O2. The maximum absolute atomic E-state index is 12.6. The van der Waals surface area contributed by atoms with Crippen LogP contribution >= 0.6 is 11.6 Å². The van der Waals surface area contributed by atoms with Gasteiger partial charge in [0.15, 0.2) is 0 Å². The molecule has 27 heavy (non-hydrogen) atoms. The van der Waals surface area contributed by atoms with Crippen molar-refractivity contribution >= 4 is 29.1 Å². The van der Waals surface area contributed by atoms with Gasteiger partial charge in [0.2, 0.25) is 11.8 Å². The van der Waals surface area contributed by atoms with Gasteiger partial charge < -0.3 is 9.42 Å². The molecule has 1 fully saturated rings. The number of halogens is 1. The summed E-state index contributed by atoms with van der Waals surface area (Å²) in [5.74, 6) is 0.285. The van der Waals surface area contributed by atoms with E-state index >= 15 is 0 Å². The van der Waals surface area contributed by atoms with Crippen LogP contribution in [0.25, 0.3) is 11.3 Å². The Morgan fingerprint density at radius 1 is 1.15 bits per heavy atom. The largest absolute Gasteiger partial charge is 0.371 e. The Labute approximate surface area is 162 Å². The molecule has 0 spiro atoms. The average molecular weight is 383 g/mol. The van der Waals surface area contributed by atoms with Crippen LogP contribution in [0.3, 0.4) is 0 Å². The van der Waals surface area contributed by atoms with Crippen molar-refractivity contribution in [2.75, 3.05) is 23.3 Å². The maximum atomic E-state index is 12.6. The number of rotatable bonds is 4. The SMILES string of the molecule is O=C(Nc1cc(-c2cccc(Cl)c2)no1)C1CCN(c2ccncc2)CC1. The molecule has 1 saturated heterocycles. The first-order valence-corrected chi connectivity index (χ1v) is 9.25. The molecule has 6 nitrogen and oxygen atoms in total. The first-order valence-electron chi connectivity index (χ1n) is 8.87. The fraction of sp³-hybridized carbons (Fsp3) is 0.250. The predicted octanol–water partition coefficient (Wildman–Crippen LogP) is 4.25. The van der Waals surface area contributed by atoms with E-state index in [1.165, 1.54) is 0 Å². The lowest BCUT2D eigenvalue weighted by atomic mass is 9.95. The molecule has 0 aliphatic carbocycles. The van der Waals surface area contributed by atoms with Gasteiger partial charge in [-0.1, -0.05) is 28.9 Å². The molecule has 0 atom stereocenters. The first kappa shape index (κ1) is 17.5. The molecule has 0 unspecified atom stereocenters. The van der Waals surface area contributed by atoms with Crippen molar-refractivity contribution in [1.29, 1.82) is 0 Å². The van der Waals surface area contributed by atoms with E-state index in [0.717, 1.165) is 37.2 Å². The Morgan fingerprint density at radius 3 is 2.67 bits per heavy atom. The third kappa shape index (κ3) is 4.11. The molecule has 0 radical (unpaired) electrons. The smallest absolute Gasteiger partial charge is 0.231 e. The van der Waals surface area contributed by atoms with Crippen LogP contribution in [0, 0.1) is 5.92 Å². The van der Waals surface area contributed by atoms with Crippen molar-refractivity contribution in [3.63, 3.8) is 0 Å². The highest BCUT2D eigenvalue weighted by Gasteiger charge is 2.26. The average Bonchev–Trinajstić information content (AvgIpc) is 3.17. The quantitative estimate of drug-likeness (QED) is 0.730. The number of hydrogen-bond acceptors (Lipinski definition) is 5. The molecule has 1 aliphatic heterocycles. The maximum Gasteiger partial charge on any atom is 0.231 e. The predicted molar refractivity (Wildman–Crippen MR) is 105 cm³/mol. The lowest BCUT2D eigenvalue weighted by Gasteiger charge is -2.32. The fourth-order valence-corrected chi connectivity index (χ4v) is 3.49. The number of pyridine rings is 1. The number of carbonyl (C=O) groups is 1. The number of anilines is 2. The molecule has 7 heteroatoms. The molecule has 3 aromatic rings. The molecule has 1 aromatic carbocycles. The van der Waals surface area contributed by atoms with Gasteiger partial charge in [-0.25, -0.2) is 0 Å². The van der Waals surface area contributed by atoms with E-state index in [4.69, 9.17) is 16.1 Å². The third-order valence-electron chi connectivity index (χ3n) is 4.77. The number of nitrogens with one attached hydrogen (secondary N) is 1. The van der Waals surface area contributed by atoms with Crippen molar-refractivity contribution in [3.8, 4) is 11.3 Å². The standard InChI is InChI=1S/C20H19ClN4O2/c21-16-3-1-2-15(12-16)18-13-19(27-24-18)23-20(26)14-6-10-25(11-7-14)17-4-8-22-9-5-17/h1-5,8-9,12-14H,6-7,10-11H2,(H,23,26). The number of hydrogen-bond donors (Lipinski definition) is 1. The number of aromatic nitrogens is 2. The van der Waals surface area contributed by atoms with Crippen LogP contribution in [0.4, 0.5) is 11.6 Å². The Kier molecular flexibility index (Phi) is 5.07. The zero-order valence-electron chi connectivity index (χ0n) is 14.6. The van der Waals surface area contributed by atoms with E-state index in [1.807, 2.05) is 24.3 Å². The van der Waals surface area contributed by atoms with E-state index in [9.17, 15) is 4.79 Å². The van der Waals surface area contributed by atoms with Gasteiger partial charge in [-0.05, 0) is 37.1 Å². The van der Waals surface area contributed by atoms with E-state index in [-0.39, 0.29) is 11.8 Å². The van der Waals surface area contributed by atoms with E-state index < -0.39 is 0 Å². The summed E-state index contributed by atoms with van der Waals surface area (Å²) in [6.45, 7) is 1.68. The number of carbonyl (C=O) groups excluding carboxylic acids is 1. The molecule has 1 amide bonds. The zero-order chi connectivity index (χ0) is 18.6. The second-order valence-electron chi connectivity index (χ2n) is 6.54. The van der Waals surface area contributed by atoms with Gasteiger partial charge in [0.1, 0.15) is 5.69 Å². The normalized spacial score (nSPS) is 14.9. The van der Waals surface area contributed by atoms with Crippen LogP contribution in [0.2, 0.25) is 5.02 Å². The topological polar surface area (TPSA) is 71.3 Å². The van der Waals surface area contributed by atoms with Crippen LogP contribution in [-0.2, 0) is 4.79 Å². The van der Waals surface area contributed by atoms with Crippen molar-refractivity contribution in [2.45, 2.75) is 12.8 Å². The highest BCUT2D eigenvalue weighted by Crippen LogP contribution is 2.26. The summed E-state index contributed by atoms with van der Waals surface area (Å²) in [4.78, 5) is 18.9. The highest BCUT2D eigenvalue weighted by atomic mass is 35.5. The van der Waals surface area contributed by atoms with Crippen molar-refractivity contribution in [3.05, 3.63) is 59.9 Å². The lowest BCUT2D eigenvalue weighted by molar-refractivity contribution is -0.120. The Hall–Kier alpha value is -2.86.